The Kier molecular flexibility index (Phi) is 5.33. The minimum Gasteiger partial charge on any atom is -0.395 e. The maximum absolute atomic E-state index is 12.1. The van der Waals surface area contributed by atoms with E-state index in [-0.39, 0.29) is 6.61 Å². The Hall–Kier alpha value is -0.430. The SMILES string of the molecule is Cc1cc(S(=O)(=O)NC(CO)CC(C)C)sc1C. The lowest BCUT2D eigenvalue weighted by Gasteiger charge is -2.17. The number of rotatable bonds is 6. The van der Waals surface area contributed by atoms with Gasteiger partial charge in [0.25, 0.3) is 0 Å². The summed E-state index contributed by atoms with van der Waals surface area (Å²) >= 11 is 1.26. The first-order chi connectivity index (χ1) is 8.26. The van der Waals surface area contributed by atoms with Gasteiger partial charge in [0.2, 0.25) is 10.0 Å². The van der Waals surface area contributed by atoms with Crippen LogP contribution in [-0.4, -0.2) is 26.2 Å². The predicted molar refractivity (Wildman–Crippen MR) is 74.4 cm³/mol. The molecule has 0 aliphatic rings. The lowest BCUT2D eigenvalue weighted by atomic mass is 10.1. The summed E-state index contributed by atoms with van der Waals surface area (Å²) < 4.78 is 27.2. The molecule has 2 N–H and O–H groups in total. The zero-order valence-corrected chi connectivity index (χ0v) is 12.9. The Bertz CT molecular complexity index is 472. The molecule has 0 bridgehead atoms. The zero-order chi connectivity index (χ0) is 13.9. The molecule has 6 heteroatoms. The average Bonchev–Trinajstić information content (AvgIpc) is 2.58. The second-order valence-electron chi connectivity index (χ2n) is 4.93. The van der Waals surface area contributed by atoms with Crippen LogP contribution in [0.4, 0.5) is 0 Å². The van der Waals surface area contributed by atoms with E-state index >= 15 is 0 Å². The third kappa shape index (κ3) is 4.05. The standard InChI is InChI=1S/C12H21NO3S2/c1-8(2)5-11(7-14)13-18(15,16)12-6-9(3)10(4)17-12/h6,8,11,13-14H,5,7H2,1-4H3. The molecule has 1 aromatic rings. The van der Waals surface area contributed by atoms with Gasteiger partial charge in [-0.3, -0.25) is 0 Å². The monoisotopic (exact) mass is 291 g/mol. The summed E-state index contributed by atoms with van der Waals surface area (Å²) in [4.78, 5) is 1.000. The molecule has 4 nitrogen and oxygen atoms in total. The summed E-state index contributed by atoms with van der Waals surface area (Å²) in [5.74, 6) is 0.330. The molecule has 0 aromatic carbocycles. The van der Waals surface area contributed by atoms with Crippen LogP contribution in [0, 0.1) is 19.8 Å². The number of nitrogens with one attached hydrogen (secondary N) is 1. The fourth-order valence-electron chi connectivity index (χ4n) is 1.68. The molecule has 0 saturated carbocycles. The molecular formula is C12H21NO3S2. The van der Waals surface area contributed by atoms with Gasteiger partial charge in [-0.2, -0.15) is 0 Å². The molecule has 0 fully saturated rings. The normalized spacial score (nSPS) is 14.1. The van der Waals surface area contributed by atoms with Crippen molar-refractivity contribution in [2.75, 3.05) is 6.61 Å². The quantitative estimate of drug-likeness (QED) is 0.843. The van der Waals surface area contributed by atoms with Crippen molar-refractivity contribution in [2.45, 2.75) is 44.4 Å². The van der Waals surface area contributed by atoms with Gasteiger partial charge in [-0.25, -0.2) is 13.1 Å². The summed E-state index contributed by atoms with van der Waals surface area (Å²) in [5, 5.41) is 9.22. The fourth-order valence-corrected chi connectivity index (χ4v) is 4.45. The van der Waals surface area contributed by atoms with Crippen molar-refractivity contribution < 1.29 is 13.5 Å². The van der Waals surface area contributed by atoms with Gasteiger partial charge < -0.3 is 5.11 Å². The number of sulfonamides is 1. The summed E-state index contributed by atoms with van der Waals surface area (Å²) in [7, 11) is -3.51. The molecule has 0 aliphatic heterocycles. The van der Waals surface area contributed by atoms with E-state index in [0.717, 1.165) is 10.4 Å². The van der Waals surface area contributed by atoms with E-state index in [1.165, 1.54) is 11.3 Å². The van der Waals surface area contributed by atoms with Gasteiger partial charge in [0.15, 0.2) is 0 Å². The summed E-state index contributed by atoms with van der Waals surface area (Å²) in [5.41, 5.74) is 0.977. The second kappa shape index (κ2) is 6.14. The van der Waals surface area contributed by atoms with Crippen LogP contribution in [0.1, 0.15) is 30.7 Å². The molecule has 1 aromatic heterocycles. The van der Waals surface area contributed by atoms with Gasteiger partial charge in [-0.05, 0) is 37.8 Å². The molecule has 1 rings (SSSR count). The van der Waals surface area contributed by atoms with Crippen molar-refractivity contribution in [1.82, 2.24) is 4.72 Å². The highest BCUT2D eigenvalue weighted by Crippen LogP contribution is 2.25. The van der Waals surface area contributed by atoms with Gasteiger partial charge in [-0.15, -0.1) is 11.3 Å². The van der Waals surface area contributed by atoms with Gasteiger partial charge in [-0.1, -0.05) is 13.8 Å². The van der Waals surface area contributed by atoms with E-state index in [1.807, 2.05) is 27.7 Å². The van der Waals surface area contributed by atoms with Crippen LogP contribution in [0.2, 0.25) is 0 Å². The summed E-state index contributed by atoms with van der Waals surface area (Å²) in [6.07, 6.45) is 0.624. The van der Waals surface area contributed by atoms with Crippen molar-refractivity contribution in [3.05, 3.63) is 16.5 Å². The molecule has 0 saturated heterocycles. The molecule has 0 aliphatic carbocycles. The molecule has 1 heterocycles. The Balaban J connectivity index is 2.87. The maximum Gasteiger partial charge on any atom is 0.250 e. The third-order valence-corrected chi connectivity index (χ3v) is 5.85. The molecule has 104 valence electrons. The van der Waals surface area contributed by atoms with Gasteiger partial charge >= 0.3 is 0 Å². The largest absolute Gasteiger partial charge is 0.395 e. The van der Waals surface area contributed by atoms with E-state index in [9.17, 15) is 13.5 Å². The molecule has 0 radical (unpaired) electrons. The molecular weight excluding hydrogens is 270 g/mol. The lowest BCUT2D eigenvalue weighted by Crippen LogP contribution is -2.38. The van der Waals surface area contributed by atoms with E-state index < -0.39 is 16.1 Å². The highest BCUT2D eigenvalue weighted by atomic mass is 32.2. The molecule has 0 spiro atoms. The summed E-state index contributed by atoms with van der Waals surface area (Å²) in [6, 6.07) is 1.25. The van der Waals surface area contributed by atoms with Crippen LogP contribution in [-0.2, 0) is 10.0 Å². The third-order valence-electron chi connectivity index (χ3n) is 2.71. The first-order valence-corrected chi connectivity index (χ1v) is 8.26. The number of aliphatic hydroxyl groups is 1. The van der Waals surface area contributed by atoms with Gasteiger partial charge in [0.1, 0.15) is 4.21 Å². The minimum absolute atomic E-state index is 0.180. The van der Waals surface area contributed by atoms with E-state index in [4.69, 9.17) is 0 Å². The number of hydrogen-bond acceptors (Lipinski definition) is 4. The topological polar surface area (TPSA) is 66.4 Å². The highest BCUT2D eigenvalue weighted by molar-refractivity contribution is 7.91. The van der Waals surface area contributed by atoms with Gasteiger partial charge in [0, 0.05) is 10.9 Å². The maximum atomic E-state index is 12.1. The Morgan fingerprint density at radius 1 is 1.39 bits per heavy atom. The molecule has 1 atom stereocenters. The first-order valence-electron chi connectivity index (χ1n) is 5.96. The van der Waals surface area contributed by atoms with E-state index in [2.05, 4.69) is 4.72 Å². The van der Waals surface area contributed by atoms with Crippen LogP contribution in [0.15, 0.2) is 10.3 Å². The van der Waals surface area contributed by atoms with E-state index in [0.29, 0.717) is 16.5 Å². The summed E-state index contributed by atoms with van der Waals surface area (Å²) in [6.45, 7) is 7.60. The van der Waals surface area contributed by atoms with Gasteiger partial charge in [0.05, 0.1) is 6.61 Å². The van der Waals surface area contributed by atoms with Crippen LogP contribution < -0.4 is 4.72 Å². The number of aryl methyl sites for hydroxylation is 2. The molecule has 0 amide bonds. The fraction of sp³-hybridized carbons (Fsp3) is 0.667. The highest BCUT2D eigenvalue weighted by Gasteiger charge is 2.22. The van der Waals surface area contributed by atoms with Crippen LogP contribution in [0.5, 0.6) is 0 Å². The first kappa shape index (κ1) is 15.6. The van der Waals surface area contributed by atoms with Crippen LogP contribution in [0.3, 0.4) is 0 Å². The Labute approximate surface area is 113 Å². The smallest absolute Gasteiger partial charge is 0.250 e. The van der Waals surface area contributed by atoms with Crippen molar-refractivity contribution in [3.8, 4) is 0 Å². The lowest BCUT2D eigenvalue weighted by molar-refractivity contribution is 0.240. The Morgan fingerprint density at radius 3 is 2.39 bits per heavy atom. The van der Waals surface area contributed by atoms with Crippen molar-refractivity contribution in [2.24, 2.45) is 5.92 Å². The zero-order valence-electron chi connectivity index (χ0n) is 11.2. The average molecular weight is 291 g/mol. The predicted octanol–water partition coefficient (Wildman–Crippen LogP) is 2.05. The van der Waals surface area contributed by atoms with Crippen molar-refractivity contribution in [1.29, 1.82) is 0 Å². The van der Waals surface area contributed by atoms with Crippen LogP contribution in [0.25, 0.3) is 0 Å². The molecule has 18 heavy (non-hydrogen) atoms. The second-order valence-corrected chi connectivity index (χ2v) is 8.13. The number of thiophene rings is 1. The van der Waals surface area contributed by atoms with Crippen molar-refractivity contribution in [3.63, 3.8) is 0 Å². The van der Waals surface area contributed by atoms with E-state index in [1.54, 1.807) is 6.07 Å². The Morgan fingerprint density at radius 2 is 2.00 bits per heavy atom. The van der Waals surface area contributed by atoms with Crippen molar-refractivity contribution >= 4 is 21.4 Å². The minimum atomic E-state index is -3.51. The molecule has 1 unspecified atom stereocenters. The van der Waals surface area contributed by atoms with Crippen LogP contribution >= 0.6 is 11.3 Å². The number of aliphatic hydroxyl groups excluding tert-OH is 1. The number of hydrogen-bond donors (Lipinski definition) is 2.